The van der Waals surface area contributed by atoms with Gasteiger partial charge in [-0.25, -0.2) is 4.39 Å². The molecular weight excluding hydrogens is 505 g/mol. The molecule has 0 spiro atoms. The molecule has 0 fully saturated rings. The van der Waals surface area contributed by atoms with Gasteiger partial charge in [-0.05, 0) is 41.5 Å². The van der Waals surface area contributed by atoms with E-state index in [1.165, 1.54) is 41.4 Å². The number of hydrogen-bond acceptors (Lipinski definition) is 4. The number of ketones is 1. The van der Waals surface area contributed by atoms with Gasteiger partial charge in [0.05, 0.1) is 12.5 Å². The summed E-state index contributed by atoms with van der Waals surface area (Å²) in [5.74, 6) is -2.52. The molecule has 0 aliphatic carbocycles. The standard InChI is InChI=1S/C21H15BrF5NO4/c22-15-10-18(32-21(26)27)17(31-20(24)25)7-12(15)8-19(30)28-6-5-14(29)9-16(28)11-1-3-13(23)4-2-11/h1-7,10,16,20-21H,8-9H2. The van der Waals surface area contributed by atoms with E-state index in [0.29, 0.717) is 5.56 Å². The third-order valence-electron chi connectivity index (χ3n) is 4.58. The molecule has 1 atom stereocenters. The highest BCUT2D eigenvalue weighted by molar-refractivity contribution is 9.10. The van der Waals surface area contributed by atoms with Crippen LogP contribution in [0.2, 0.25) is 0 Å². The second-order valence-corrected chi connectivity index (χ2v) is 7.53. The summed E-state index contributed by atoms with van der Waals surface area (Å²) < 4.78 is 72.5. The smallest absolute Gasteiger partial charge is 0.387 e. The molecule has 170 valence electrons. The Morgan fingerprint density at radius 2 is 1.66 bits per heavy atom. The molecule has 0 saturated carbocycles. The van der Waals surface area contributed by atoms with Crippen LogP contribution in [0.3, 0.4) is 0 Å². The third kappa shape index (κ3) is 5.84. The molecule has 2 aromatic carbocycles. The first kappa shape index (κ1) is 23.7. The Labute approximate surface area is 187 Å². The van der Waals surface area contributed by atoms with E-state index < -0.39 is 42.5 Å². The molecule has 2 aromatic rings. The molecule has 1 heterocycles. The van der Waals surface area contributed by atoms with E-state index in [1.807, 2.05) is 0 Å². The maximum absolute atomic E-state index is 13.3. The summed E-state index contributed by atoms with van der Waals surface area (Å²) in [5.41, 5.74) is 0.689. The van der Waals surface area contributed by atoms with Crippen LogP contribution in [0.1, 0.15) is 23.6 Å². The fourth-order valence-corrected chi connectivity index (χ4v) is 3.65. The average molecular weight is 520 g/mol. The number of carbonyl (C=O) groups is 2. The molecule has 32 heavy (non-hydrogen) atoms. The largest absolute Gasteiger partial charge is 0.431 e. The average Bonchev–Trinajstić information content (AvgIpc) is 2.71. The molecule has 0 aromatic heterocycles. The van der Waals surface area contributed by atoms with Gasteiger partial charge >= 0.3 is 13.2 Å². The number of hydrogen-bond donors (Lipinski definition) is 0. The summed E-state index contributed by atoms with van der Waals surface area (Å²) in [7, 11) is 0. The van der Waals surface area contributed by atoms with E-state index in [0.717, 1.165) is 12.1 Å². The van der Waals surface area contributed by atoms with E-state index >= 15 is 0 Å². The van der Waals surface area contributed by atoms with E-state index in [4.69, 9.17) is 0 Å². The lowest BCUT2D eigenvalue weighted by atomic mass is 9.96. The second-order valence-electron chi connectivity index (χ2n) is 6.68. The van der Waals surface area contributed by atoms with Crippen molar-refractivity contribution in [3.8, 4) is 11.5 Å². The Hall–Kier alpha value is -2.95. The molecule has 11 heteroatoms. The minimum atomic E-state index is -3.31. The van der Waals surface area contributed by atoms with Gasteiger partial charge in [0.2, 0.25) is 5.91 Å². The lowest BCUT2D eigenvalue weighted by molar-refractivity contribution is -0.131. The van der Waals surface area contributed by atoms with Crippen LogP contribution < -0.4 is 9.47 Å². The number of ether oxygens (including phenoxy) is 2. The fourth-order valence-electron chi connectivity index (χ4n) is 3.19. The van der Waals surface area contributed by atoms with E-state index in [9.17, 15) is 31.5 Å². The van der Waals surface area contributed by atoms with Gasteiger partial charge in [0.15, 0.2) is 17.3 Å². The molecule has 3 rings (SSSR count). The number of nitrogens with zero attached hydrogens (tertiary/aromatic N) is 1. The Bertz CT molecular complexity index is 1030. The molecule has 5 nitrogen and oxygen atoms in total. The number of alkyl halides is 4. The molecule has 1 amide bonds. The molecule has 1 unspecified atom stereocenters. The molecule has 1 aliphatic heterocycles. The van der Waals surface area contributed by atoms with Gasteiger partial charge in [-0.15, -0.1) is 0 Å². The summed E-state index contributed by atoms with van der Waals surface area (Å²) in [6.45, 7) is -6.58. The van der Waals surface area contributed by atoms with Crippen molar-refractivity contribution in [3.05, 3.63) is 70.1 Å². The van der Waals surface area contributed by atoms with Crippen LogP contribution in [0.25, 0.3) is 0 Å². The summed E-state index contributed by atoms with van der Waals surface area (Å²) in [4.78, 5) is 26.2. The summed E-state index contributed by atoms with van der Waals surface area (Å²) in [5, 5.41) is 0. The van der Waals surface area contributed by atoms with Crippen LogP contribution in [0, 0.1) is 5.82 Å². The quantitative estimate of drug-likeness (QED) is 0.460. The van der Waals surface area contributed by atoms with Gasteiger partial charge < -0.3 is 14.4 Å². The van der Waals surface area contributed by atoms with Gasteiger partial charge in [-0.2, -0.15) is 17.6 Å². The van der Waals surface area contributed by atoms with Crippen molar-refractivity contribution < 1.29 is 41.0 Å². The summed E-state index contributed by atoms with van der Waals surface area (Å²) >= 11 is 3.12. The minimum absolute atomic E-state index is 0.0318. The Morgan fingerprint density at radius 1 is 1.06 bits per heavy atom. The van der Waals surface area contributed by atoms with Gasteiger partial charge in [-0.3, -0.25) is 9.59 Å². The topological polar surface area (TPSA) is 55.8 Å². The van der Waals surface area contributed by atoms with Crippen molar-refractivity contribution in [1.82, 2.24) is 4.90 Å². The maximum atomic E-state index is 13.3. The van der Waals surface area contributed by atoms with Crippen molar-refractivity contribution >= 4 is 27.6 Å². The van der Waals surface area contributed by atoms with Crippen LogP contribution in [0.15, 0.2) is 53.1 Å². The molecule has 0 saturated heterocycles. The minimum Gasteiger partial charge on any atom is -0.431 e. The summed E-state index contributed by atoms with van der Waals surface area (Å²) in [6, 6.07) is 6.61. The number of allylic oxidation sites excluding steroid dienone is 1. The zero-order chi connectivity index (χ0) is 23.4. The number of rotatable bonds is 7. The highest BCUT2D eigenvalue weighted by Gasteiger charge is 2.29. The van der Waals surface area contributed by atoms with Crippen LogP contribution in [0.4, 0.5) is 22.0 Å². The second kappa shape index (κ2) is 10.1. The van der Waals surface area contributed by atoms with Crippen molar-refractivity contribution in [2.24, 2.45) is 0 Å². The van der Waals surface area contributed by atoms with Crippen LogP contribution in [0.5, 0.6) is 11.5 Å². The first-order valence-electron chi connectivity index (χ1n) is 9.13. The third-order valence-corrected chi connectivity index (χ3v) is 5.32. The predicted molar refractivity (Wildman–Crippen MR) is 106 cm³/mol. The molecule has 0 N–H and O–H groups in total. The Kier molecular flexibility index (Phi) is 7.49. The van der Waals surface area contributed by atoms with Crippen molar-refractivity contribution in [3.63, 3.8) is 0 Å². The SMILES string of the molecule is O=C1C=CN(C(=O)Cc2cc(OC(F)F)c(OC(F)F)cc2Br)C(c2ccc(F)cc2)C1. The van der Waals surface area contributed by atoms with Crippen molar-refractivity contribution in [2.45, 2.75) is 32.1 Å². The highest BCUT2D eigenvalue weighted by Crippen LogP contribution is 2.37. The van der Waals surface area contributed by atoms with Gasteiger partial charge in [0, 0.05) is 17.1 Å². The molecule has 1 aliphatic rings. The lowest BCUT2D eigenvalue weighted by Gasteiger charge is -2.31. The van der Waals surface area contributed by atoms with Crippen molar-refractivity contribution in [2.75, 3.05) is 0 Å². The van der Waals surface area contributed by atoms with Gasteiger partial charge in [-0.1, -0.05) is 28.1 Å². The monoisotopic (exact) mass is 519 g/mol. The highest BCUT2D eigenvalue weighted by atomic mass is 79.9. The molecular formula is C21H15BrF5NO4. The van der Waals surface area contributed by atoms with E-state index in [-0.39, 0.29) is 28.7 Å². The zero-order valence-corrected chi connectivity index (χ0v) is 17.7. The van der Waals surface area contributed by atoms with E-state index in [2.05, 4.69) is 25.4 Å². The number of carbonyl (C=O) groups excluding carboxylic acids is 2. The van der Waals surface area contributed by atoms with Gasteiger partial charge in [0.1, 0.15) is 5.82 Å². The normalized spacial score (nSPS) is 16.1. The van der Waals surface area contributed by atoms with Crippen LogP contribution in [-0.4, -0.2) is 29.8 Å². The lowest BCUT2D eigenvalue weighted by Crippen LogP contribution is -2.35. The van der Waals surface area contributed by atoms with Crippen LogP contribution >= 0.6 is 15.9 Å². The number of benzene rings is 2. The Balaban J connectivity index is 1.89. The molecule has 0 radical (unpaired) electrons. The predicted octanol–water partition coefficient (Wildman–Crippen LogP) is 5.39. The maximum Gasteiger partial charge on any atom is 0.387 e. The number of amides is 1. The van der Waals surface area contributed by atoms with Gasteiger partial charge in [0.25, 0.3) is 0 Å². The number of halogens is 6. The van der Waals surface area contributed by atoms with E-state index in [1.54, 1.807) is 0 Å². The molecule has 0 bridgehead atoms. The van der Waals surface area contributed by atoms with Crippen LogP contribution in [-0.2, 0) is 16.0 Å². The first-order valence-corrected chi connectivity index (χ1v) is 9.93. The summed E-state index contributed by atoms with van der Waals surface area (Å²) in [6.07, 6.45) is 2.14. The first-order chi connectivity index (χ1) is 15.1. The van der Waals surface area contributed by atoms with Crippen molar-refractivity contribution in [1.29, 1.82) is 0 Å². The fraction of sp³-hybridized carbons (Fsp3) is 0.238. The Morgan fingerprint density at radius 3 is 2.25 bits per heavy atom. The zero-order valence-electron chi connectivity index (χ0n) is 16.1.